The van der Waals surface area contributed by atoms with Gasteiger partial charge in [0.1, 0.15) is 73.2 Å². The number of carbonyl (C=O) groups excluding carboxylic acids is 1. The van der Waals surface area contributed by atoms with Crippen LogP contribution in [-0.4, -0.2) is 182 Å². The van der Waals surface area contributed by atoms with Crippen molar-refractivity contribution in [1.29, 1.82) is 0 Å². The molecule has 0 spiro atoms. The van der Waals surface area contributed by atoms with Crippen molar-refractivity contribution in [2.45, 2.75) is 200 Å². The van der Waals surface area contributed by atoms with Gasteiger partial charge in [-0.2, -0.15) is 0 Å². The van der Waals surface area contributed by atoms with Crippen LogP contribution in [0.25, 0.3) is 0 Å². The Labute approximate surface area is 718 Å². The minimum absolute atomic E-state index is 0.0314. The van der Waals surface area contributed by atoms with Crippen molar-refractivity contribution in [2.75, 3.05) is 59.1 Å². The van der Waals surface area contributed by atoms with E-state index >= 15 is 9.13 Å². The van der Waals surface area contributed by atoms with Gasteiger partial charge in [0, 0.05) is 6.92 Å². The van der Waals surface area contributed by atoms with Gasteiger partial charge in [-0.1, -0.05) is 315 Å². The molecule has 122 heavy (non-hydrogen) atoms. The van der Waals surface area contributed by atoms with E-state index in [4.69, 9.17) is 79.7 Å². The second kappa shape index (κ2) is 52.1. The summed E-state index contributed by atoms with van der Waals surface area (Å²) >= 11 is 0. The van der Waals surface area contributed by atoms with Crippen LogP contribution in [0.4, 0.5) is 0 Å². The van der Waals surface area contributed by atoms with Crippen LogP contribution in [0.5, 0.6) is 0 Å². The van der Waals surface area contributed by atoms with Gasteiger partial charge in [0.25, 0.3) is 0 Å². The summed E-state index contributed by atoms with van der Waals surface area (Å²) in [7, 11) is -11.3. The molecule has 25 nitrogen and oxygen atoms in total. The van der Waals surface area contributed by atoms with Crippen LogP contribution in [0.15, 0.2) is 273 Å². The van der Waals surface area contributed by atoms with Crippen molar-refractivity contribution in [3.63, 3.8) is 0 Å². The van der Waals surface area contributed by atoms with Crippen LogP contribution in [-0.2, 0) is 153 Å². The SMILES string of the molecule is CC(=O)OC1O[C@H](COCc2ccccc2)[C@@H](OP(=O)(O)O[C@H]2O[C@H](COCc3ccccc3)[C@@H](OP(=O)(O)O[C@H]3O[C@H](COCc4ccccc4)[C@@H](O)[C@H](OCc4ccccc4)[C@H]3OCc3ccccc3)[C@H](OCc3ccccc3)[C@H]2OCc2ccccc2)[C@H](OCc2ccccc2)[C@H]1OCc1ccccc1.CCN(CC)CC.CCN(CC)CC. The van der Waals surface area contributed by atoms with Gasteiger partial charge in [0.15, 0.2) is 12.6 Å². The zero-order valence-electron chi connectivity index (χ0n) is 70.7. The number of hydrogen-bond acceptors (Lipinski definition) is 23. The van der Waals surface area contributed by atoms with E-state index in [1.165, 1.54) is 46.2 Å². The first-order valence-electron chi connectivity index (χ1n) is 41.9. The zero-order chi connectivity index (χ0) is 86.2. The normalized spacial score (nSPS) is 23.7. The predicted molar refractivity (Wildman–Crippen MR) is 461 cm³/mol. The molecule has 17 atom stereocenters. The van der Waals surface area contributed by atoms with Gasteiger partial charge < -0.3 is 86.3 Å². The second-order valence-corrected chi connectivity index (χ2v) is 32.0. The topological polar surface area (TPSA) is 275 Å². The van der Waals surface area contributed by atoms with Crippen LogP contribution >= 0.6 is 15.6 Å². The lowest BCUT2D eigenvalue weighted by molar-refractivity contribution is -0.318. The molecule has 0 aromatic heterocycles. The van der Waals surface area contributed by atoms with E-state index in [1.807, 2.05) is 224 Å². The summed E-state index contributed by atoms with van der Waals surface area (Å²) < 4.78 is 142. The first kappa shape index (κ1) is 96.3. The summed E-state index contributed by atoms with van der Waals surface area (Å²) in [6.45, 7) is 19.8. The van der Waals surface area contributed by atoms with Crippen molar-refractivity contribution in [3.8, 4) is 0 Å². The van der Waals surface area contributed by atoms with Gasteiger partial charge >= 0.3 is 21.6 Å². The van der Waals surface area contributed by atoms with Crippen molar-refractivity contribution in [1.82, 2.24) is 9.80 Å². The average molecular weight is 1720 g/mol. The highest BCUT2D eigenvalue weighted by molar-refractivity contribution is 7.47. The maximum Gasteiger partial charge on any atom is 0.475 e. The Hall–Kier alpha value is -7.93. The molecule has 3 heterocycles. The lowest BCUT2D eigenvalue weighted by Gasteiger charge is -2.47. The fourth-order valence-corrected chi connectivity index (χ4v) is 16.1. The first-order valence-corrected chi connectivity index (χ1v) is 44.9. The molecule has 9 aromatic rings. The largest absolute Gasteiger partial charge is 0.475 e. The van der Waals surface area contributed by atoms with E-state index in [-0.39, 0.29) is 72.7 Å². The summed E-state index contributed by atoms with van der Waals surface area (Å²) in [6, 6.07) is 82.5. The maximum atomic E-state index is 15.8. The highest BCUT2D eigenvalue weighted by Crippen LogP contribution is 2.54. The Bertz CT molecular complexity index is 4380. The smallest absolute Gasteiger partial charge is 0.433 e. The monoisotopic (exact) mass is 1720 g/mol. The highest BCUT2D eigenvalue weighted by atomic mass is 31.2. The molecular formula is C95H120N2O23P2. The molecule has 658 valence electrons. The Kier molecular flexibility index (Phi) is 41.1. The Morgan fingerprint density at radius 2 is 0.508 bits per heavy atom. The van der Waals surface area contributed by atoms with E-state index in [0.717, 1.165) is 27.8 Å². The molecule has 12 rings (SSSR count). The van der Waals surface area contributed by atoms with Gasteiger partial charge in [-0.05, 0) is 89.3 Å². The van der Waals surface area contributed by atoms with Crippen LogP contribution in [0.3, 0.4) is 0 Å². The van der Waals surface area contributed by atoms with Crippen LogP contribution in [0.2, 0.25) is 0 Å². The van der Waals surface area contributed by atoms with Gasteiger partial charge in [0.05, 0.1) is 79.3 Å². The number of ether oxygens (including phenoxy) is 13. The molecule has 0 bridgehead atoms. The van der Waals surface area contributed by atoms with E-state index in [2.05, 4.69) is 51.3 Å². The van der Waals surface area contributed by atoms with E-state index < -0.39 is 120 Å². The molecule has 3 aliphatic heterocycles. The number of phosphoric ester groups is 2. The molecular weight excluding hydrogens is 1600 g/mol. The van der Waals surface area contributed by atoms with Crippen molar-refractivity contribution in [3.05, 3.63) is 323 Å². The lowest BCUT2D eigenvalue weighted by atomic mass is 9.98. The fraction of sp³-hybridized carbons (Fsp3) is 0.421. The third kappa shape index (κ3) is 31.9. The molecule has 27 heteroatoms. The highest BCUT2D eigenvalue weighted by Gasteiger charge is 2.58. The summed E-state index contributed by atoms with van der Waals surface area (Å²) in [5.41, 5.74) is 6.48. The van der Waals surface area contributed by atoms with Crippen LogP contribution in [0, 0.1) is 0 Å². The fourth-order valence-electron chi connectivity index (χ4n) is 14.0. The first-order chi connectivity index (χ1) is 59.4. The quantitative estimate of drug-likeness (QED) is 0.0236. The number of phosphoric acid groups is 2. The van der Waals surface area contributed by atoms with Gasteiger partial charge in [-0.15, -0.1) is 0 Å². The number of carbonyl (C=O) groups is 1. The summed E-state index contributed by atoms with van der Waals surface area (Å²) in [6.07, 6.45) is -23.2. The summed E-state index contributed by atoms with van der Waals surface area (Å²) in [4.78, 5) is 43.5. The molecule has 3 fully saturated rings. The maximum absolute atomic E-state index is 15.8. The van der Waals surface area contributed by atoms with Crippen molar-refractivity contribution >= 4 is 21.6 Å². The van der Waals surface area contributed by atoms with E-state index in [0.29, 0.717) is 22.3 Å². The van der Waals surface area contributed by atoms with Gasteiger partial charge in [-0.25, -0.2) is 9.13 Å². The van der Waals surface area contributed by atoms with E-state index in [1.54, 1.807) is 48.5 Å². The molecule has 0 saturated carbocycles. The standard InChI is InChI=1S/C83H90O23P2.2C6H15N/c1-59(84)99-81-79(97-54-67-43-25-9-26-44-67)76(94-51-64-37-19-6-20-38-64)73(70(101-81)57-91-48-61-31-13-3-14-32-61)103-108(88,89)106-83-80(98-55-68-45-27-10-28-46-68)77(95-52-65-39-21-7-22-40-65)74(71(102-83)58-92-49-62-33-15-4-16-34-62)104-107(86,87)105-82-78(96-53-66-41-23-8-24-42-66)75(93-50-63-35-17-5-18-36-63)72(85)69(100-82)56-90-47-60-29-11-2-12-30-60;2*1-4-7(5-2)6-3/h2-46,69-83,85H,47-58H2,1H3,(H,86,87)(H,88,89);2*4-6H2,1-3H3/t69-,70-,71-,72-,73-,74-,75+,76+,77+,78-,79-,80-,81?,82-,83-;;/m1../s1. The minimum Gasteiger partial charge on any atom is -0.433 e. The number of aliphatic hydroxyl groups excluding tert-OH is 1. The molecule has 3 unspecified atom stereocenters. The van der Waals surface area contributed by atoms with Crippen molar-refractivity contribution < 1.29 is 108 Å². The van der Waals surface area contributed by atoms with Crippen LogP contribution in [0.1, 0.15) is 98.5 Å². The lowest BCUT2D eigenvalue weighted by Crippen LogP contribution is -2.62. The molecule has 9 aromatic carbocycles. The molecule has 3 saturated heterocycles. The van der Waals surface area contributed by atoms with E-state index in [9.17, 15) is 19.7 Å². The van der Waals surface area contributed by atoms with Crippen molar-refractivity contribution in [2.24, 2.45) is 0 Å². The number of rotatable bonds is 45. The molecule has 0 amide bonds. The Balaban J connectivity index is 0.00000102. The van der Waals surface area contributed by atoms with Gasteiger partial charge in [0.2, 0.25) is 6.29 Å². The molecule has 3 N–H and O–H groups in total. The molecule has 3 aliphatic rings. The number of benzene rings is 9. The molecule has 0 radical (unpaired) electrons. The number of aliphatic hydroxyl groups is 1. The number of hydrogen-bond donors (Lipinski definition) is 3. The molecule has 0 aliphatic carbocycles. The number of esters is 1. The average Bonchev–Trinajstić information content (AvgIpc) is 0.772. The Morgan fingerprint density at radius 3 is 0.762 bits per heavy atom. The predicted octanol–water partition coefficient (Wildman–Crippen LogP) is 15.9. The number of nitrogens with zero attached hydrogens (tertiary/aromatic N) is 2. The van der Waals surface area contributed by atoms with Crippen LogP contribution < -0.4 is 0 Å². The third-order valence-corrected chi connectivity index (χ3v) is 22.6. The summed E-state index contributed by atoms with van der Waals surface area (Å²) in [5.74, 6) is -0.728. The third-order valence-electron chi connectivity index (χ3n) is 20.6. The summed E-state index contributed by atoms with van der Waals surface area (Å²) in [5, 5.41) is 12.4. The second-order valence-electron chi connectivity index (χ2n) is 29.3. The van der Waals surface area contributed by atoms with Gasteiger partial charge in [-0.3, -0.25) is 22.9 Å². The minimum atomic E-state index is -5.69. The Morgan fingerprint density at radius 1 is 0.295 bits per heavy atom. The zero-order valence-corrected chi connectivity index (χ0v) is 72.5.